The quantitative estimate of drug-likeness (QED) is 0.444. The van der Waals surface area contributed by atoms with E-state index in [9.17, 15) is 9.59 Å². The van der Waals surface area contributed by atoms with Gasteiger partial charge in [-0.05, 0) is 63.9 Å². The fraction of sp³-hybridized carbons (Fsp3) is 0.222. The Bertz CT molecular complexity index is 1320. The molecule has 0 bridgehead atoms. The number of benzene rings is 2. The molecule has 1 amide bonds. The minimum absolute atomic E-state index is 0.0228. The maximum atomic E-state index is 12.5. The number of methoxy groups -OCH3 is 1. The Balaban J connectivity index is 1.80. The summed E-state index contributed by atoms with van der Waals surface area (Å²) in [5, 5.41) is 22.4. The van der Waals surface area contributed by atoms with Crippen molar-refractivity contribution in [2.45, 2.75) is 32.0 Å². The lowest BCUT2D eigenvalue weighted by atomic mass is 9.89. The smallest absolute Gasteiger partial charge is 0.320 e. The summed E-state index contributed by atoms with van der Waals surface area (Å²) in [7, 11) is -0.573. The van der Waals surface area contributed by atoms with Crippen molar-refractivity contribution in [1.82, 2.24) is 0 Å². The molecule has 0 aromatic heterocycles. The van der Waals surface area contributed by atoms with Gasteiger partial charge in [0.15, 0.2) is 0 Å². The number of nitrogens with one attached hydrogen (secondary N) is 2. The van der Waals surface area contributed by atoms with Gasteiger partial charge in [-0.15, -0.1) is 0 Å². The highest BCUT2D eigenvalue weighted by molar-refractivity contribution is 6.98. The van der Waals surface area contributed by atoms with Crippen LogP contribution in [0.5, 0.6) is 5.75 Å². The summed E-state index contributed by atoms with van der Waals surface area (Å²) in [4.78, 5) is 23.4. The number of amides is 1. The number of carboxylic acids is 1. The molecule has 0 radical (unpaired) electrons. The molecule has 0 spiro atoms. The van der Waals surface area contributed by atoms with Gasteiger partial charge in [-0.3, -0.25) is 9.59 Å². The molecule has 0 saturated carbocycles. The van der Waals surface area contributed by atoms with E-state index in [-0.39, 0.29) is 18.7 Å². The summed E-state index contributed by atoms with van der Waals surface area (Å²) in [6, 6.07) is 12.8. The summed E-state index contributed by atoms with van der Waals surface area (Å²) in [6.07, 6.45) is 5.89. The predicted molar refractivity (Wildman–Crippen MR) is 141 cm³/mol. The van der Waals surface area contributed by atoms with Crippen LogP contribution in [0.3, 0.4) is 0 Å². The molecule has 1 heterocycles. The summed E-state index contributed by atoms with van der Waals surface area (Å²) in [5.74, 6) is -0.631. The molecule has 0 unspecified atom stereocenters. The van der Waals surface area contributed by atoms with E-state index in [4.69, 9.17) is 21.0 Å². The van der Waals surface area contributed by atoms with Gasteiger partial charge in [0.25, 0.3) is 0 Å². The van der Waals surface area contributed by atoms with E-state index in [1.54, 1.807) is 7.11 Å². The lowest BCUT2D eigenvalue weighted by Crippen LogP contribution is -2.49. The van der Waals surface area contributed by atoms with Crippen LogP contribution in [0.1, 0.15) is 24.0 Å². The molecule has 1 aliphatic carbocycles. The summed E-state index contributed by atoms with van der Waals surface area (Å²) >= 11 is 0. The van der Waals surface area contributed by atoms with Crippen molar-refractivity contribution in [2.24, 2.45) is 5.73 Å². The van der Waals surface area contributed by atoms with Gasteiger partial charge in [-0.2, -0.15) is 0 Å². The monoisotopic (exact) mass is 487 g/mol. The molecule has 0 fully saturated rings. The Morgan fingerprint density at radius 3 is 2.60 bits per heavy atom. The number of hydrogen-bond donors (Lipinski definition) is 4. The Labute approximate surface area is 205 Å². The molecule has 4 rings (SSSR count). The fourth-order valence-electron chi connectivity index (χ4n) is 4.70. The first-order valence-corrected chi connectivity index (χ1v) is 14.4. The molecule has 180 valence electrons. The van der Waals surface area contributed by atoms with Crippen molar-refractivity contribution < 1.29 is 19.4 Å². The number of aliphatic carboxylic acids is 1. The Morgan fingerprint density at radius 1 is 1.14 bits per heavy atom. The zero-order chi connectivity index (χ0) is 25.3. The lowest BCUT2D eigenvalue weighted by molar-refractivity contribution is -0.138. The SMILES string of the molecule is COc1ccccc1C1=C2C=CC(=N)C=C2[Si](C)(C)c2cc(NC(=O)CC[C@H](N)C(=O)O)ccc21. The van der Waals surface area contributed by atoms with E-state index in [2.05, 4.69) is 18.4 Å². The van der Waals surface area contributed by atoms with Crippen molar-refractivity contribution in [3.63, 3.8) is 0 Å². The highest BCUT2D eigenvalue weighted by atomic mass is 28.3. The normalized spacial score (nSPS) is 16.7. The van der Waals surface area contributed by atoms with E-state index in [0.717, 1.165) is 38.4 Å². The molecule has 1 aliphatic heterocycles. The first kappa shape index (κ1) is 24.4. The highest BCUT2D eigenvalue weighted by Gasteiger charge is 2.40. The van der Waals surface area contributed by atoms with Crippen LogP contribution >= 0.6 is 0 Å². The van der Waals surface area contributed by atoms with Gasteiger partial charge in [-0.25, -0.2) is 0 Å². The highest BCUT2D eigenvalue weighted by Crippen LogP contribution is 2.43. The number of nitrogens with two attached hydrogens (primary N) is 1. The van der Waals surface area contributed by atoms with Gasteiger partial charge in [-0.1, -0.05) is 43.4 Å². The largest absolute Gasteiger partial charge is 0.496 e. The lowest BCUT2D eigenvalue weighted by Gasteiger charge is -2.38. The second kappa shape index (κ2) is 9.48. The number of carbonyl (C=O) groups is 2. The number of rotatable bonds is 7. The number of ether oxygens (including phenoxy) is 1. The standard InChI is InChI=1S/C27H29N3O4Si/c1-34-22-7-5-4-6-18(22)26-19-10-8-16(28)14-23(19)35(2,3)24-15-17(9-11-20(24)26)30-25(31)13-12-21(29)27(32)33/h4-11,14-15,21,28H,12-13,29H2,1-3H3,(H,30,31)(H,32,33)/t21-/m0/s1. The van der Waals surface area contributed by atoms with Crippen LogP contribution in [0.15, 0.2) is 71.5 Å². The average Bonchev–Trinajstić information content (AvgIpc) is 2.83. The van der Waals surface area contributed by atoms with E-state index < -0.39 is 20.1 Å². The maximum absolute atomic E-state index is 12.5. The van der Waals surface area contributed by atoms with Crippen LogP contribution in [0.25, 0.3) is 5.57 Å². The van der Waals surface area contributed by atoms with Crippen LogP contribution < -0.4 is 21.0 Å². The number of carbonyl (C=O) groups excluding carboxylic acids is 1. The van der Waals surface area contributed by atoms with Crippen LogP contribution in [-0.4, -0.2) is 43.9 Å². The summed E-state index contributed by atoms with van der Waals surface area (Å²) < 4.78 is 5.69. The van der Waals surface area contributed by atoms with Gasteiger partial charge in [0.2, 0.25) is 5.91 Å². The predicted octanol–water partition coefficient (Wildman–Crippen LogP) is 3.61. The molecule has 1 atom stereocenters. The molecule has 35 heavy (non-hydrogen) atoms. The summed E-state index contributed by atoms with van der Waals surface area (Å²) in [5.41, 5.74) is 10.9. The van der Waals surface area contributed by atoms with Gasteiger partial charge in [0, 0.05) is 17.7 Å². The maximum Gasteiger partial charge on any atom is 0.320 e. The van der Waals surface area contributed by atoms with E-state index in [0.29, 0.717) is 11.4 Å². The average molecular weight is 488 g/mol. The number of allylic oxidation sites excluding steroid dienone is 5. The van der Waals surface area contributed by atoms with E-state index in [1.807, 2.05) is 60.7 Å². The Hall–Kier alpha value is -3.75. The molecular weight excluding hydrogens is 458 g/mol. The third-order valence-electron chi connectivity index (χ3n) is 6.58. The van der Waals surface area contributed by atoms with Crippen molar-refractivity contribution >= 4 is 42.1 Å². The van der Waals surface area contributed by atoms with Gasteiger partial charge in [0.1, 0.15) is 19.9 Å². The number of hydrogen-bond acceptors (Lipinski definition) is 5. The molecule has 2 aliphatic rings. The zero-order valence-electron chi connectivity index (χ0n) is 20.0. The van der Waals surface area contributed by atoms with Crippen LogP contribution in [0.4, 0.5) is 5.69 Å². The van der Waals surface area contributed by atoms with Crippen LogP contribution in [-0.2, 0) is 9.59 Å². The third kappa shape index (κ3) is 4.62. The molecule has 0 saturated heterocycles. The minimum Gasteiger partial charge on any atom is -0.496 e. The molecular formula is C27H29N3O4Si. The van der Waals surface area contributed by atoms with Crippen molar-refractivity contribution in [3.05, 3.63) is 82.6 Å². The number of carboxylic acid groups (broad SMARTS) is 1. The van der Waals surface area contributed by atoms with Gasteiger partial charge < -0.3 is 26.3 Å². The molecule has 7 nitrogen and oxygen atoms in total. The van der Waals surface area contributed by atoms with Gasteiger partial charge >= 0.3 is 5.97 Å². The van der Waals surface area contributed by atoms with E-state index in [1.165, 1.54) is 0 Å². The molecule has 8 heteroatoms. The first-order valence-electron chi connectivity index (χ1n) is 11.4. The Kier molecular flexibility index (Phi) is 6.60. The minimum atomic E-state index is -2.23. The topological polar surface area (TPSA) is 126 Å². The number of fused-ring (bicyclic) bond motifs is 2. The van der Waals surface area contributed by atoms with Crippen LogP contribution in [0, 0.1) is 5.41 Å². The summed E-state index contributed by atoms with van der Waals surface area (Å²) in [6.45, 7) is 4.50. The second-order valence-electron chi connectivity index (χ2n) is 9.25. The molecule has 5 N–H and O–H groups in total. The molecule has 2 aromatic carbocycles. The first-order chi connectivity index (χ1) is 16.6. The van der Waals surface area contributed by atoms with Crippen LogP contribution in [0.2, 0.25) is 13.1 Å². The van der Waals surface area contributed by atoms with Crippen molar-refractivity contribution in [3.8, 4) is 5.75 Å². The van der Waals surface area contributed by atoms with Crippen molar-refractivity contribution in [2.75, 3.05) is 12.4 Å². The molecule has 2 aromatic rings. The third-order valence-corrected chi connectivity index (χ3v) is 10.1. The second-order valence-corrected chi connectivity index (χ2v) is 13.6. The zero-order valence-corrected chi connectivity index (χ0v) is 21.0. The number of para-hydroxylation sites is 1. The van der Waals surface area contributed by atoms with Gasteiger partial charge in [0.05, 0.1) is 12.8 Å². The Morgan fingerprint density at radius 2 is 1.89 bits per heavy atom. The number of anilines is 1. The van der Waals surface area contributed by atoms with Crippen molar-refractivity contribution in [1.29, 1.82) is 5.41 Å². The van der Waals surface area contributed by atoms with E-state index >= 15 is 0 Å². The fourth-order valence-corrected chi connectivity index (χ4v) is 7.79.